The maximum absolute atomic E-state index is 12.0. The van der Waals surface area contributed by atoms with Crippen LogP contribution in [0.2, 0.25) is 0 Å². The van der Waals surface area contributed by atoms with Crippen molar-refractivity contribution in [2.45, 2.75) is 58.0 Å². The Morgan fingerprint density at radius 1 is 1.33 bits per heavy atom. The van der Waals surface area contributed by atoms with Crippen LogP contribution >= 0.6 is 0 Å². The SMILES string of the molecule is CCOC1CCCN(C(=O)CCCCCCN)C1. The highest BCUT2D eigenvalue weighted by Gasteiger charge is 2.23. The Morgan fingerprint density at radius 3 is 2.83 bits per heavy atom. The number of carbonyl (C=O) groups excluding carboxylic acids is 1. The molecule has 0 aromatic heterocycles. The average Bonchev–Trinajstić information content (AvgIpc) is 2.39. The number of hydrogen-bond donors (Lipinski definition) is 1. The topological polar surface area (TPSA) is 55.6 Å². The van der Waals surface area contributed by atoms with Gasteiger partial charge in [-0.05, 0) is 39.2 Å². The minimum Gasteiger partial charge on any atom is -0.377 e. The molecule has 4 heteroatoms. The minimum absolute atomic E-state index is 0.255. The van der Waals surface area contributed by atoms with Crippen molar-refractivity contribution in [1.29, 1.82) is 0 Å². The van der Waals surface area contributed by atoms with E-state index < -0.39 is 0 Å². The summed E-state index contributed by atoms with van der Waals surface area (Å²) in [7, 11) is 0. The van der Waals surface area contributed by atoms with E-state index in [4.69, 9.17) is 10.5 Å². The van der Waals surface area contributed by atoms with E-state index in [1.165, 1.54) is 0 Å². The van der Waals surface area contributed by atoms with Crippen molar-refractivity contribution in [2.75, 3.05) is 26.2 Å². The monoisotopic (exact) mass is 256 g/mol. The van der Waals surface area contributed by atoms with E-state index in [2.05, 4.69) is 0 Å². The molecule has 2 N–H and O–H groups in total. The summed E-state index contributed by atoms with van der Waals surface area (Å²) in [6, 6.07) is 0. The molecule has 1 fully saturated rings. The molecule has 0 spiro atoms. The molecule has 0 aromatic carbocycles. The van der Waals surface area contributed by atoms with Gasteiger partial charge in [0.05, 0.1) is 6.10 Å². The summed E-state index contributed by atoms with van der Waals surface area (Å²) in [5, 5.41) is 0. The van der Waals surface area contributed by atoms with Crippen molar-refractivity contribution in [3.05, 3.63) is 0 Å². The molecular weight excluding hydrogens is 228 g/mol. The quantitative estimate of drug-likeness (QED) is 0.675. The lowest BCUT2D eigenvalue weighted by atomic mass is 10.1. The number of likely N-dealkylation sites (tertiary alicyclic amines) is 1. The first kappa shape index (κ1) is 15.4. The Balaban J connectivity index is 2.16. The van der Waals surface area contributed by atoms with Gasteiger partial charge in [-0.2, -0.15) is 0 Å². The number of ether oxygens (including phenoxy) is 1. The molecule has 0 radical (unpaired) electrons. The molecule has 0 aromatic rings. The first-order valence-electron chi connectivity index (χ1n) is 7.37. The van der Waals surface area contributed by atoms with Crippen LogP contribution in [-0.2, 0) is 9.53 Å². The van der Waals surface area contributed by atoms with E-state index >= 15 is 0 Å². The number of hydrogen-bond acceptors (Lipinski definition) is 3. The predicted octanol–water partition coefficient (Wildman–Crippen LogP) is 1.92. The van der Waals surface area contributed by atoms with Crippen LogP contribution < -0.4 is 5.73 Å². The summed E-state index contributed by atoms with van der Waals surface area (Å²) in [6.07, 6.45) is 7.43. The Kier molecular flexibility index (Phi) is 8.01. The zero-order chi connectivity index (χ0) is 13.2. The second-order valence-electron chi connectivity index (χ2n) is 5.01. The second kappa shape index (κ2) is 9.34. The van der Waals surface area contributed by atoms with Crippen molar-refractivity contribution in [3.8, 4) is 0 Å². The molecule has 0 saturated carbocycles. The van der Waals surface area contributed by atoms with Crippen LogP contribution in [0.1, 0.15) is 51.9 Å². The Morgan fingerprint density at radius 2 is 2.11 bits per heavy atom. The van der Waals surface area contributed by atoms with Crippen molar-refractivity contribution in [1.82, 2.24) is 4.90 Å². The molecule has 4 nitrogen and oxygen atoms in total. The van der Waals surface area contributed by atoms with Gasteiger partial charge in [-0.1, -0.05) is 12.8 Å². The molecule has 1 atom stereocenters. The molecule has 1 unspecified atom stereocenters. The second-order valence-corrected chi connectivity index (χ2v) is 5.01. The molecule has 1 aliphatic rings. The molecule has 1 saturated heterocycles. The third-order valence-electron chi connectivity index (χ3n) is 3.48. The standard InChI is InChI=1S/C14H28N2O2/c1-2-18-13-8-7-11-16(12-13)14(17)9-5-3-4-6-10-15/h13H,2-12,15H2,1H3. The zero-order valence-electron chi connectivity index (χ0n) is 11.7. The normalized spacial score (nSPS) is 20.1. The van der Waals surface area contributed by atoms with Gasteiger partial charge in [0.2, 0.25) is 5.91 Å². The fourth-order valence-electron chi connectivity index (χ4n) is 2.47. The van der Waals surface area contributed by atoms with Gasteiger partial charge in [0.15, 0.2) is 0 Å². The van der Waals surface area contributed by atoms with Gasteiger partial charge < -0.3 is 15.4 Å². The lowest BCUT2D eigenvalue weighted by Gasteiger charge is -2.32. The van der Waals surface area contributed by atoms with Gasteiger partial charge in [0.25, 0.3) is 0 Å². The Hall–Kier alpha value is -0.610. The number of carbonyl (C=O) groups is 1. The number of nitrogens with zero attached hydrogens (tertiary/aromatic N) is 1. The number of piperidine rings is 1. The van der Waals surface area contributed by atoms with Gasteiger partial charge in [-0.25, -0.2) is 0 Å². The summed E-state index contributed by atoms with van der Waals surface area (Å²) >= 11 is 0. The van der Waals surface area contributed by atoms with E-state index in [0.717, 1.165) is 64.8 Å². The van der Waals surface area contributed by atoms with Gasteiger partial charge in [0, 0.05) is 26.1 Å². The summed E-state index contributed by atoms with van der Waals surface area (Å²) in [5.74, 6) is 0.298. The third-order valence-corrected chi connectivity index (χ3v) is 3.48. The molecule has 1 rings (SSSR count). The molecular formula is C14H28N2O2. The number of nitrogens with two attached hydrogens (primary N) is 1. The largest absolute Gasteiger partial charge is 0.377 e. The molecule has 1 aliphatic heterocycles. The summed E-state index contributed by atoms with van der Waals surface area (Å²) < 4.78 is 5.61. The molecule has 1 heterocycles. The lowest BCUT2D eigenvalue weighted by molar-refractivity contribution is -0.135. The maximum atomic E-state index is 12.0. The lowest BCUT2D eigenvalue weighted by Crippen LogP contribution is -2.43. The smallest absolute Gasteiger partial charge is 0.222 e. The first-order chi connectivity index (χ1) is 8.77. The number of amides is 1. The van der Waals surface area contributed by atoms with Crippen LogP contribution in [-0.4, -0.2) is 43.2 Å². The van der Waals surface area contributed by atoms with Gasteiger partial charge >= 0.3 is 0 Å². The Bertz CT molecular complexity index is 232. The molecule has 1 amide bonds. The van der Waals surface area contributed by atoms with Crippen LogP contribution in [0.4, 0.5) is 0 Å². The van der Waals surface area contributed by atoms with Crippen molar-refractivity contribution >= 4 is 5.91 Å². The number of rotatable bonds is 8. The summed E-state index contributed by atoms with van der Waals surface area (Å²) in [4.78, 5) is 14.0. The van der Waals surface area contributed by atoms with Crippen LogP contribution in [0.15, 0.2) is 0 Å². The fraction of sp³-hybridized carbons (Fsp3) is 0.929. The highest BCUT2D eigenvalue weighted by atomic mass is 16.5. The summed E-state index contributed by atoms with van der Waals surface area (Å²) in [6.45, 7) is 5.21. The molecule has 18 heavy (non-hydrogen) atoms. The highest BCUT2D eigenvalue weighted by Crippen LogP contribution is 2.15. The summed E-state index contributed by atoms with van der Waals surface area (Å²) in [5.41, 5.74) is 5.44. The van der Waals surface area contributed by atoms with Crippen LogP contribution in [0.3, 0.4) is 0 Å². The van der Waals surface area contributed by atoms with Gasteiger partial charge in [-0.15, -0.1) is 0 Å². The van der Waals surface area contributed by atoms with Crippen LogP contribution in [0.25, 0.3) is 0 Å². The third kappa shape index (κ3) is 5.83. The maximum Gasteiger partial charge on any atom is 0.222 e. The van der Waals surface area contributed by atoms with Crippen molar-refractivity contribution < 1.29 is 9.53 Å². The van der Waals surface area contributed by atoms with E-state index in [9.17, 15) is 4.79 Å². The van der Waals surface area contributed by atoms with Crippen LogP contribution in [0, 0.1) is 0 Å². The van der Waals surface area contributed by atoms with Crippen LogP contribution in [0.5, 0.6) is 0 Å². The Labute approximate surface area is 111 Å². The van der Waals surface area contributed by atoms with E-state index in [0.29, 0.717) is 12.3 Å². The average molecular weight is 256 g/mol. The van der Waals surface area contributed by atoms with Gasteiger partial charge in [-0.3, -0.25) is 4.79 Å². The molecule has 106 valence electrons. The van der Waals surface area contributed by atoms with E-state index in [1.807, 2.05) is 11.8 Å². The number of unbranched alkanes of at least 4 members (excludes halogenated alkanes) is 3. The zero-order valence-corrected chi connectivity index (χ0v) is 11.7. The van der Waals surface area contributed by atoms with Crippen molar-refractivity contribution in [2.24, 2.45) is 5.73 Å². The minimum atomic E-state index is 0.255. The molecule has 0 bridgehead atoms. The first-order valence-corrected chi connectivity index (χ1v) is 7.37. The van der Waals surface area contributed by atoms with Crippen molar-refractivity contribution in [3.63, 3.8) is 0 Å². The predicted molar refractivity (Wildman–Crippen MR) is 73.4 cm³/mol. The fourth-order valence-corrected chi connectivity index (χ4v) is 2.47. The molecule has 0 aliphatic carbocycles. The van der Waals surface area contributed by atoms with Gasteiger partial charge in [0.1, 0.15) is 0 Å². The van der Waals surface area contributed by atoms with E-state index in [1.54, 1.807) is 0 Å². The van der Waals surface area contributed by atoms with E-state index in [-0.39, 0.29) is 6.10 Å². The highest BCUT2D eigenvalue weighted by molar-refractivity contribution is 5.76.